The molecule has 0 unspecified atom stereocenters. The molecule has 6 atom stereocenters. The summed E-state index contributed by atoms with van der Waals surface area (Å²) in [5.41, 5.74) is 10.9. The molecule has 0 saturated carbocycles. The summed E-state index contributed by atoms with van der Waals surface area (Å²) in [5, 5.41) is 19.3. The van der Waals surface area contributed by atoms with Crippen molar-refractivity contribution in [2.45, 2.75) is 89.6 Å². The van der Waals surface area contributed by atoms with Gasteiger partial charge in [0.15, 0.2) is 0 Å². The number of likely N-dealkylation sites (tertiary alicyclic amines) is 1. The highest BCUT2D eigenvalue weighted by Crippen LogP contribution is 2.21. The lowest BCUT2D eigenvalue weighted by Gasteiger charge is -2.32. The van der Waals surface area contributed by atoms with Crippen LogP contribution >= 0.6 is 25.3 Å². The van der Waals surface area contributed by atoms with Crippen LogP contribution in [0.2, 0.25) is 0 Å². The van der Waals surface area contributed by atoms with Crippen LogP contribution < -0.4 is 32.7 Å². The first kappa shape index (κ1) is 38.0. The lowest BCUT2D eigenvalue weighted by atomic mass is 9.98. The Morgan fingerprint density at radius 3 is 1.91 bits per heavy atom. The molecule has 0 radical (unpaired) electrons. The van der Waals surface area contributed by atoms with Crippen molar-refractivity contribution in [2.75, 3.05) is 18.1 Å². The van der Waals surface area contributed by atoms with Crippen LogP contribution in [-0.4, -0.2) is 106 Å². The number of aliphatic carboxylic acids is 1. The lowest BCUT2D eigenvalue weighted by molar-refractivity contribution is -0.144. The molecular weight excluding hydrogens is 602 g/mol. The molecule has 15 nitrogen and oxygen atoms in total. The molecule has 1 heterocycles. The van der Waals surface area contributed by atoms with Gasteiger partial charge in [-0.1, -0.05) is 27.7 Å². The van der Waals surface area contributed by atoms with E-state index >= 15 is 0 Å². The van der Waals surface area contributed by atoms with Crippen LogP contribution in [-0.2, 0) is 33.6 Å². The summed E-state index contributed by atoms with van der Waals surface area (Å²) < 4.78 is 0. The largest absolute Gasteiger partial charge is 0.480 e. The highest BCUT2D eigenvalue weighted by molar-refractivity contribution is 7.80. The lowest BCUT2D eigenvalue weighted by Crippen LogP contribution is -2.60. The first-order chi connectivity index (χ1) is 20.0. The van der Waals surface area contributed by atoms with Crippen LogP contribution in [0.1, 0.15) is 53.4 Å². The molecule has 0 aromatic rings. The Morgan fingerprint density at radius 2 is 1.42 bits per heavy atom. The van der Waals surface area contributed by atoms with E-state index in [0.717, 1.165) is 0 Å². The molecule has 1 rings (SSSR count). The third-order valence-corrected chi connectivity index (χ3v) is 7.72. The zero-order chi connectivity index (χ0) is 33.0. The summed E-state index contributed by atoms with van der Waals surface area (Å²) in [7, 11) is 0. The number of nitrogens with two attached hydrogens (primary N) is 2. The minimum Gasteiger partial charge on any atom is -0.480 e. The van der Waals surface area contributed by atoms with Gasteiger partial charge in [-0.2, -0.15) is 25.3 Å². The van der Waals surface area contributed by atoms with Crippen molar-refractivity contribution in [1.29, 1.82) is 0 Å². The van der Waals surface area contributed by atoms with Crippen molar-refractivity contribution in [2.24, 2.45) is 23.3 Å². The monoisotopic (exact) mass is 647 g/mol. The van der Waals surface area contributed by atoms with Gasteiger partial charge in [-0.05, 0) is 31.1 Å². The Hall–Kier alpha value is -3.05. The summed E-state index contributed by atoms with van der Waals surface area (Å²) in [6.07, 6.45) is 0.267. The number of hydrogen-bond acceptors (Lipinski definition) is 10. The fourth-order valence-corrected chi connectivity index (χ4v) is 4.81. The van der Waals surface area contributed by atoms with Gasteiger partial charge in [-0.3, -0.25) is 28.8 Å². The van der Waals surface area contributed by atoms with Gasteiger partial charge in [-0.25, -0.2) is 4.79 Å². The summed E-state index contributed by atoms with van der Waals surface area (Å²) in [4.78, 5) is 89.5. The van der Waals surface area contributed by atoms with Crippen molar-refractivity contribution in [3.63, 3.8) is 0 Å². The Balaban J connectivity index is 3.12. The van der Waals surface area contributed by atoms with E-state index in [1.54, 1.807) is 27.7 Å². The molecule has 0 aromatic carbocycles. The van der Waals surface area contributed by atoms with Gasteiger partial charge >= 0.3 is 5.97 Å². The maximum Gasteiger partial charge on any atom is 0.327 e. The molecule has 1 aliphatic heterocycles. The van der Waals surface area contributed by atoms with Crippen molar-refractivity contribution in [3.05, 3.63) is 0 Å². The van der Waals surface area contributed by atoms with Gasteiger partial charge in [0.1, 0.15) is 30.2 Å². The molecule has 1 fully saturated rings. The van der Waals surface area contributed by atoms with E-state index < -0.39 is 83.6 Å². The van der Waals surface area contributed by atoms with Gasteiger partial charge in [0.2, 0.25) is 35.4 Å². The average Bonchev–Trinajstić information content (AvgIpc) is 3.43. The van der Waals surface area contributed by atoms with Gasteiger partial charge in [-0.15, -0.1) is 0 Å². The SMILES string of the molecule is CC(C)[C@H](NC(=O)[C@@H](N)CS)C(=O)N[C@H](C(=O)N1CCC[C@H]1C(=O)N[C@@H](CCC(N)=O)C(=O)N[C@@H](CS)C(=O)O)C(C)C. The number of hydrogen-bond donors (Lipinski definition) is 9. The molecule has 17 heteroatoms. The molecule has 9 N–H and O–H groups in total. The van der Waals surface area contributed by atoms with Gasteiger partial charge in [0.05, 0.1) is 6.04 Å². The highest BCUT2D eigenvalue weighted by Gasteiger charge is 2.41. The van der Waals surface area contributed by atoms with Crippen LogP contribution in [0.4, 0.5) is 0 Å². The Labute approximate surface area is 262 Å². The quantitative estimate of drug-likeness (QED) is 0.0775. The van der Waals surface area contributed by atoms with E-state index in [2.05, 4.69) is 46.5 Å². The third kappa shape index (κ3) is 11.5. The molecule has 0 bridgehead atoms. The predicted octanol–water partition coefficient (Wildman–Crippen LogP) is -2.23. The molecule has 6 amide bonds. The normalized spacial score (nSPS) is 18.3. The van der Waals surface area contributed by atoms with E-state index in [9.17, 15) is 38.7 Å². The number of nitrogens with zero attached hydrogens (tertiary/aromatic N) is 1. The second-order valence-electron chi connectivity index (χ2n) is 11.1. The van der Waals surface area contributed by atoms with Crippen molar-refractivity contribution < 1.29 is 38.7 Å². The fraction of sp³-hybridized carbons (Fsp3) is 0.731. The average molecular weight is 648 g/mol. The molecule has 1 saturated heterocycles. The number of nitrogens with one attached hydrogen (secondary N) is 4. The van der Waals surface area contributed by atoms with Crippen LogP contribution in [0.5, 0.6) is 0 Å². The summed E-state index contributed by atoms with van der Waals surface area (Å²) in [5.74, 6) is -6.15. The number of carbonyl (C=O) groups excluding carboxylic acids is 6. The number of amides is 6. The van der Waals surface area contributed by atoms with Crippen LogP contribution in [0, 0.1) is 11.8 Å². The Bertz CT molecular complexity index is 1040. The zero-order valence-electron chi connectivity index (χ0n) is 24.9. The van der Waals surface area contributed by atoms with Crippen molar-refractivity contribution in [1.82, 2.24) is 26.2 Å². The first-order valence-corrected chi connectivity index (χ1v) is 15.3. The fourth-order valence-electron chi connectivity index (χ4n) is 4.40. The smallest absolute Gasteiger partial charge is 0.327 e. The molecular formula is C26H45N7O8S2. The van der Waals surface area contributed by atoms with Gasteiger partial charge in [0, 0.05) is 24.5 Å². The van der Waals surface area contributed by atoms with E-state index in [-0.39, 0.29) is 43.2 Å². The molecule has 0 aromatic heterocycles. The number of carboxylic acids is 1. The predicted molar refractivity (Wildman–Crippen MR) is 164 cm³/mol. The van der Waals surface area contributed by atoms with Crippen LogP contribution in [0.3, 0.4) is 0 Å². The number of thiol groups is 2. The summed E-state index contributed by atoms with van der Waals surface area (Å²) >= 11 is 7.92. The highest BCUT2D eigenvalue weighted by atomic mass is 32.1. The van der Waals surface area contributed by atoms with E-state index in [1.807, 2.05) is 0 Å². The van der Waals surface area contributed by atoms with E-state index in [4.69, 9.17) is 11.5 Å². The van der Waals surface area contributed by atoms with Crippen molar-refractivity contribution >= 4 is 66.7 Å². The molecule has 244 valence electrons. The molecule has 0 aliphatic carbocycles. The Kier molecular flexibility index (Phi) is 15.8. The van der Waals surface area contributed by atoms with Gasteiger partial charge < -0.3 is 42.7 Å². The molecule has 1 aliphatic rings. The summed E-state index contributed by atoms with van der Waals surface area (Å²) in [6.45, 7) is 7.10. The summed E-state index contributed by atoms with van der Waals surface area (Å²) in [6, 6.07) is -6.59. The number of primary amides is 1. The maximum absolute atomic E-state index is 13.7. The number of carboxylic acid groups (broad SMARTS) is 1. The third-order valence-electron chi connectivity index (χ3n) is 6.96. The zero-order valence-corrected chi connectivity index (χ0v) is 26.7. The minimum absolute atomic E-state index is 0.0736. The molecule has 43 heavy (non-hydrogen) atoms. The van der Waals surface area contributed by atoms with Crippen LogP contribution in [0.15, 0.2) is 0 Å². The topological polar surface area (TPSA) is 243 Å². The minimum atomic E-state index is -1.34. The maximum atomic E-state index is 13.7. The van der Waals surface area contributed by atoms with Gasteiger partial charge in [0.25, 0.3) is 0 Å². The van der Waals surface area contributed by atoms with Crippen LogP contribution in [0.25, 0.3) is 0 Å². The van der Waals surface area contributed by atoms with Crippen molar-refractivity contribution in [3.8, 4) is 0 Å². The molecule has 0 spiro atoms. The first-order valence-electron chi connectivity index (χ1n) is 14.1. The van der Waals surface area contributed by atoms with E-state index in [0.29, 0.717) is 6.42 Å². The standard InChI is InChI=1S/C26H45N7O8S2/c1-12(2)19(31-21(35)14(27)10-42)24(38)32-20(13(3)4)25(39)33-9-5-6-17(33)23(37)29-15(7-8-18(28)34)22(36)30-16(11-43)26(40)41/h12-17,19-20,42-43H,5-11,27H2,1-4H3,(H2,28,34)(H,29,37)(H,30,36)(H,31,35)(H,32,38)(H,40,41)/t14-,15-,16-,17-,19-,20-/m0/s1. The van der Waals surface area contributed by atoms with E-state index in [1.165, 1.54) is 4.90 Å². The second-order valence-corrected chi connectivity index (χ2v) is 11.8. The number of rotatable bonds is 17. The number of carbonyl (C=O) groups is 7. The Morgan fingerprint density at radius 1 is 0.837 bits per heavy atom. The second kappa shape index (κ2) is 17.9.